The van der Waals surface area contributed by atoms with Crippen molar-refractivity contribution in [3.05, 3.63) is 69.5 Å². The molecular formula is C21H22ClN3O3S2. The van der Waals surface area contributed by atoms with Crippen molar-refractivity contribution in [1.29, 1.82) is 0 Å². The molecule has 0 atom stereocenters. The van der Waals surface area contributed by atoms with Gasteiger partial charge in [-0.25, -0.2) is 13.4 Å². The number of hydrogen-bond acceptors (Lipinski definition) is 5. The van der Waals surface area contributed by atoms with Crippen LogP contribution in [0.2, 0.25) is 5.02 Å². The first-order chi connectivity index (χ1) is 14.4. The number of carbonyl (C=O) groups is 1. The summed E-state index contributed by atoms with van der Waals surface area (Å²) >= 11 is 7.61. The molecule has 1 aromatic heterocycles. The summed E-state index contributed by atoms with van der Waals surface area (Å²) in [6.07, 6.45) is 0. The zero-order valence-electron chi connectivity index (χ0n) is 16.6. The van der Waals surface area contributed by atoms with E-state index >= 15 is 0 Å². The van der Waals surface area contributed by atoms with Gasteiger partial charge in [0.05, 0.1) is 27.7 Å². The van der Waals surface area contributed by atoms with Gasteiger partial charge in [-0.15, -0.1) is 11.3 Å². The summed E-state index contributed by atoms with van der Waals surface area (Å²) in [6.45, 7) is 4.44. The molecule has 1 amide bonds. The molecule has 2 aromatic carbocycles. The summed E-state index contributed by atoms with van der Waals surface area (Å²) < 4.78 is 26.8. The fourth-order valence-corrected chi connectivity index (χ4v) is 5.37. The van der Waals surface area contributed by atoms with E-state index in [4.69, 9.17) is 11.6 Å². The van der Waals surface area contributed by atoms with Gasteiger partial charge in [-0.3, -0.25) is 4.79 Å². The second-order valence-electron chi connectivity index (χ2n) is 6.41. The van der Waals surface area contributed by atoms with Gasteiger partial charge in [-0.2, -0.15) is 4.31 Å². The van der Waals surface area contributed by atoms with Crippen LogP contribution in [0.15, 0.2) is 58.8 Å². The number of halogens is 1. The van der Waals surface area contributed by atoms with E-state index in [1.165, 1.54) is 33.8 Å². The van der Waals surface area contributed by atoms with Gasteiger partial charge >= 0.3 is 0 Å². The van der Waals surface area contributed by atoms with Crippen LogP contribution >= 0.6 is 22.9 Å². The average Bonchev–Trinajstić information content (AvgIpc) is 3.22. The minimum Gasteiger partial charge on any atom is -0.345 e. The Morgan fingerprint density at radius 1 is 1.13 bits per heavy atom. The summed E-state index contributed by atoms with van der Waals surface area (Å²) in [6, 6.07) is 13.9. The summed E-state index contributed by atoms with van der Waals surface area (Å²) in [5.74, 6) is -0.451. The molecule has 0 radical (unpaired) electrons. The highest BCUT2D eigenvalue weighted by Gasteiger charge is 2.24. The van der Waals surface area contributed by atoms with E-state index in [1.807, 2.05) is 35.7 Å². The van der Waals surface area contributed by atoms with Crippen LogP contribution in [0.4, 0.5) is 0 Å². The first kappa shape index (κ1) is 22.4. The quantitative estimate of drug-likeness (QED) is 0.536. The summed E-state index contributed by atoms with van der Waals surface area (Å²) in [7, 11) is -3.68. The third kappa shape index (κ3) is 4.89. The topological polar surface area (TPSA) is 79.4 Å². The Hall–Kier alpha value is -2.26. The zero-order chi connectivity index (χ0) is 21.7. The second kappa shape index (κ2) is 9.70. The highest BCUT2D eigenvalue weighted by molar-refractivity contribution is 7.89. The van der Waals surface area contributed by atoms with Crippen LogP contribution in [0.5, 0.6) is 0 Å². The highest BCUT2D eigenvalue weighted by atomic mass is 35.5. The van der Waals surface area contributed by atoms with Crippen LogP contribution in [-0.4, -0.2) is 36.7 Å². The Kier molecular flexibility index (Phi) is 7.25. The number of hydrogen-bond donors (Lipinski definition) is 1. The molecule has 30 heavy (non-hydrogen) atoms. The van der Waals surface area contributed by atoms with Crippen LogP contribution in [0.25, 0.3) is 11.3 Å². The lowest BCUT2D eigenvalue weighted by molar-refractivity contribution is 0.0951. The second-order valence-corrected chi connectivity index (χ2v) is 9.69. The monoisotopic (exact) mass is 463 g/mol. The van der Waals surface area contributed by atoms with E-state index in [2.05, 4.69) is 10.3 Å². The Morgan fingerprint density at radius 3 is 2.50 bits per heavy atom. The highest BCUT2D eigenvalue weighted by Crippen LogP contribution is 2.24. The first-order valence-electron chi connectivity index (χ1n) is 9.44. The molecule has 0 unspecified atom stereocenters. The lowest BCUT2D eigenvalue weighted by atomic mass is 10.2. The smallest absolute Gasteiger partial charge is 0.253 e. The van der Waals surface area contributed by atoms with Crippen LogP contribution in [0, 0.1) is 0 Å². The lowest BCUT2D eigenvalue weighted by Gasteiger charge is -2.19. The van der Waals surface area contributed by atoms with E-state index in [9.17, 15) is 13.2 Å². The third-order valence-corrected chi connectivity index (χ3v) is 7.77. The number of sulfonamides is 1. The van der Waals surface area contributed by atoms with Crippen molar-refractivity contribution in [2.45, 2.75) is 25.3 Å². The molecule has 158 valence electrons. The van der Waals surface area contributed by atoms with Crippen LogP contribution < -0.4 is 5.32 Å². The molecule has 3 rings (SSSR count). The van der Waals surface area contributed by atoms with Gasteiger partial charge in [0.1, 0.15) is 5.01 Å². The average molecular weight is 464 g/mol. The summed E-state index contributed by atoms with van der Waals surface area (Å²) in [5.41, 5.74) is 1.96. The fourth-order valence-electron chi connectivity index (χ4n) is 2.94. The van der Waals surface area contributed by atoms with E-state index < -0.39 is 15.9 Å². The molecule has 0 aliphatic rings. The number of rotatable bonds is 8. The van der Waals surface area contributed by atoms with E-state index in [-0.39, 0.29) is 22.0 Å². The number of carbonyl (C=O) groups excluding carboxylic acids is 1. The van der Waals surface area contributed by atoms with E-state index in [0.717, 1.165) is 16.3 Å². The van der Waals surface area contributed by atoms with Crippen molar-refractivity contribution in [2.24, 2.45) is 0 Å². The van der Waals surface area contributed by atoms with Gasteiger partial charge in [0.25, 0.3) is 5.91 Å². The molecule has 9 heteroatoms. The minimum atomic E-state index is -3.68. The van der Waals surface area contributed by atoms with Gasteiger partial charge in [0.2, 0.25) is 10.0 Å². The first-order valence-corrected chi connectivity index (χ1v) is 12.1. The Morgan fingerprint density at radius 2 is 1.83 bits per heavy atom. The summed E-state index contributed by atoms with van der Waals surface area (Å²) in [5, 5.41) is 5.64. The molecular weight excluding hydrogens is 442 g/mol. The Labute approximate surface area is 185 Å². The number of thiazole rings is 1. The number of amides is 1. The van der Waals surface area contributed by atoms with Gasteiger partial charge < -0.3 is 5.32 Å². The van der Waals surface area contributed by atoms with Crippen molar-refractivity contribution in [3.8, 4) is 11.3 Å². The number of aromatic nitrogens is 1. The van der Waals surface area contributed by atoms with Crippen LogP contribution in [0.1, 0.15) is 29.2 Å². The molecule has 3 aromatic rings. The molecule has 6 nitrogen and oxygen atoms in total. The van der Waals surface area contributed by atoms with Gasteiger partial charge in [0, 0.05) is 24.0 Å². The van der Waals surface area contributed by atoms with Crippen molar-refractivity contribution in [1.82, 2.24) is 14.6 Å². The lowest BCUT2D eigenvalue weighted by Crippen LogP contribution is -2.31. The maximum absolute atomic E-state index is 12.7. The van der Waals surface area contributed by atoms with Gasteiger partial charge in [-0.05, 0) is 18.2 Å². The Balaban J connectivity index is 1.75. The predicted molar refractivity (Wildman–Crippen MR) is 120 cm³/mol. The zero-order valence-corrected chi connectivity index (χ0v) is 19.0. The minimum absolute atomic E-state index is 0.0429. The Bertz CT molecular complexity index is 1130. The van der Waals surface area contributed by atoms with Gasteiger partial charge in [0.15, 0.2) is 0 Å². The van der Waals surface area contributed by atoms with Crippen LogP contribution in [-0.2, 0) is 16.6 Å². The maximum atomic E-state index is 12.7. The van der Waals surface area contributed by atoms with Crippen molar-refractivity contribution in [2.75, 3.05) is 13.1 Å². The van der Waals surface area contributed by atoms with Crippen molar-refractivity contribution < 1.29 is 13.2 Å². The number of nitrogens with zero attached hydrogens (tertiary/aromatic N) is 2. The molecule has 0 aliphatic heterocycles. The number of benzene rings is 2. The van der Waals surface area contributed by atoms with E-state index in [1.54, 1.807) is 13.8 Å². The van der Waals surface area contributed by atoms with Crippen LogP contribution in [0.3, 0.4) is 0 Å². The fraction of sp³-hybridized carbons (Fsp3) is 0.238. The third-order valence-electron chi connectivity index (χ3n) is 4.55. The molecule has 0 spiro atoms. The van der Waals surface area contributed by atoms with Gasteiger partial charge in [-0.1, -0.05) is 55.8 Å². The number of nitrogens with one attached hydrogen (secondary N) is 1. The molecule has 0 bridgehead atoms. The molecule has 0 saturated carbocycles. The van der Waals surface area contributed by atoms with Crippen molar-refractivity contribution in [3.63, 3.8) is 0 Å². The standard InChI is InChI=1S/C21H22ClN3O3S2/c1-3-25(4-2)30(27,28)16-10-11-18(22)17(12-16)21(26)23-13-20-24-19(14-29-20)15-8-6-5-7-9-15/h5-12,14H,3-4,13H2,1-2H3,(H,23,26). The normalized spacial score (nSPS) is 11.6. The largest absolute Gasteiger partial charge is 0.345 e. The van der Waals surface area contributed by atoms with E-state index in [0.29, 0.717) is 13.1 Å². The molecule has 0 aliphatic carbocycles. The molecule has 0 saturated heterocycles. The predicted octanol–water partition coefficient (Wildman–Crippen LogP) is 4.42. The van der Waals surface area contributed by atoms with Crippen molar-refractivity contribution >= 4 is 38.9 Å². The molecule has 1 N–H and O–H groups in total. The SMILES string of the molecule is CCN(CC)S(=O)(=O)c1ccc(Cl)c(C(=O)NCc2nc(-c3ccccc3)cs2)c1. The molecule has 1 heterocycles. The summed E-state index contributed by atoms with van der Waals surface area (Å²) in [4.78, 5) is 17.3. The maximum Gasteiger partial charge on any atom is 0.253 e. The molecule has 0 fully saturated rings.